The van der Waals surface area contributed by atoms with Crippen molar-refractivity contribution < 1.29 is 0 Å². The first-order valence-electron chi connectivity index (χ1n) is 7.11. The van der Waals surface area contributed by atoms with Gasteiger partial charge in [0, 0.05) is 24.0 Å². The molecule has 0 bridgehead atoms. The largest absolute Gasteiger partial charge is 0.355 e. The number of hydrogen-bond acceptors (Lipinski definition) is 5. The molecule has 0 spiro atoms. The van der Waals surface area contributed by atoms with Gasteiger partial charge in [0.25, 0.3) is 0 Å². The van der Waals surface area contributed by atoms with Crippen molar-refractivity contribution in [1.29, 1.82) is 0 Å². The molecule has 2 N–H and O–H groups in total. The van der Waals surface area contributed by atoms with Crippen molar-refractivity contribution in [3.05, 3.63) is 16.8 Å². The van der Waals surface area contributed by atoms with Crippen LogP contribution in [-0.4, -0.2) is 29.1 Å². The number of rotatable bonds is 1. The number of fused-ring (bicyclic) bond motifs is 1. The van der Waals surface area contributed by atoms with E-state index >= 15 is 0 Å². The molecule has 0 radical (unpaired) electrons. The Bertz CT molecular complexity index is 647. The average molecular weight is 290 g/mol. The molecule has 1 atom stereocenters. The van der Waals surface area contributed by atoms with Crippen molar-refractivity contribution >= 4 is 27.4 Å². The number of nitrogens with zero attached hydrogens (tertiary/aromatic N) is 3. The lowest BCUT2D eigenvalue weighted by Gasteiger charge is -2.43. The van der Waals surface area contributed by atoms with E-state index in [1.807, 2.05) is 0 Å². The van der Waals surface area contributed by atoms with Crippen molar-refractivity contribution in [2.24, 2.45) is 11.1 Å². The topological polar surface area (TPSA) is 55.0 Å². The van der Waals surface area contributed by atoms with E-state index in [4.69, 9.17) is 5.73 Å². The molecule has 3 rings (SSSR count). The van der Waals surface area contributed by atoms with E-state index in [1.54, 1.807) is 17.7 Å². The van der Waals surface area contributed by atoms with E-state index in [9.17, 15) is 0 Å². The van der Waals surface area contributed by atoms with Crippen LogP contribution in [0.25, 0.3) is 10.2 Å². The van der Waals surface area contributed by atoms with Crippen LogP contribution in [-0.2, 0) is 0 Å². The van der Waals surface area contributed by atoms with E-state index in [0.29, 0.717) is 0 Å². The minimum absolute atomic E-state index is 0.120. The molecule has 1 unspecified atom stereocenters. The van der Waals surface area contributed by atoms with Crippen LogP contribution in [0.2, 0.25) is 0 Å². The summed E-state index contributed by atoms with van der Waals surface area (Å²) in [6.07, 6.45) is 2.70. The first-order valence-corrected chi connectivity index (χ1v) is 7.93. The first-order chi connectivity index (χ1) is 9.40. The van der Waals surface area contributed by atoms with E-state index in [-0.39, 0.29) is 11.5 Å². The molecular weight excluding hydrogens is 268 g/mol. The molecule has 0 aromatic carbocycles. The Labute approximate surface area is 124 Å². The summed E-state index contributed by atoms with van der Waals surface area (Å²) in [5.74, 6) is 1.08. The molecule has 2 aromatic heterocycles. The summed E-state index contributed by atoms with van der Waals surface area (Å²) in [5, 5.41) is 1.22. The highest BCUT2D eigenvalue weighted by Crippen LogP contribution is 2.37. The predicted molar refractivity (Wildman–Crippen MR) is 85.5 cm³/mol. The monoisotopic (exact) mass is 290 g/mol. The Hall–Kier alpha value is -1.20. The zero-order valence-corrected chi connectivity index (χ0v) is 13.4. The fraction of sp³-hybridized carbons (Fsp3) is 0.600. The molecule has 1 saturated heterocycles. The second-order valence-electron chi connectivity index (χ2n) is 6.47. The zero-order chi connectivity index (χ0) is 14.5. The Balaban J connectivity index is 2.07. The van der Waals surface area contributed by atoms with E-state index in [1.165, 1.54) is 15.8 Å². The lowest BCUT2D eigenvalue weighted by atomic mass is 9.79. The summed E-state index contributed by atoms with van der Waals surface area (Å²) in [4.78, 5) is 13.8. The van der Waals surface area contributed by atoms with E-state index in [2.05, 4.69) is 42.6 Å². The number of hydrogen-bond donors (Lipinski definition) is 1. The maximum atomic E-state index is 6.24. The van der Waals surface area contributed by atoms with Crippen molar-refractivity contribution in [3.8, 4) is 0 Å². The van der Waals surface area contributed by atoms with Crippen molar-refractivity contribution in [2.75, 3.05) is 18.0 Å². The molecule has 2 aromatic rings. The van der Waals surface area contributed by atoms with Gasteiger partial charge in [0.05, 0.1) is 5.39 Å². The molecule has 1 aliphatic rings. The number of piperidine rings is 1. The Morgan fingerprint density at radius 3 is 2.80 bits per heavy atom. The molecule has 108 valence electrons. The molecule has 1 fully saturated rings. The van der Waals surface area contributed by atoms with Crippen LogP contribution in [0.5, 0.6) is 0 Å². The van der Waals surface area contributed by atoms with Gasteiger partial charge in [0.1, 0.15) is 17.0 Å². The molecule has 0 amide bonds. The number of thiophene rings is 1. The number of aromatic nitrogens is 2. The van der Waals surface area contributed by atoms with Crippen LogP contribution in [0, 0.1) is 19.3 Å². The molecule has 0 aliphatic carbocycles. The van der Waals surface area contributed by atoms with Crippen LogP contribution in [0.3, 0.4) is 0 Å². The van der Waals surface area contributed by atoms with Crippen molar-refractivity contribution in [2.45, 2.75) is 40.2 Å². The highest BCUT2D eigenvalue weighted by Gasteiger charge is 2.34. The SMILES string of the molecule is Cc1sc2ncnc(N3CCC(N)C(C)(C)C3)c2c1C. The van der Waals surface area contributed by atoms with Crippen LogP contribution in [0.15, 0.2) is 6.33 Å². The first kappa shape index (κ1) is 13.8. The van der Waals surface area contributed by atoms with Gasteiger partial charge in [-0.25, -0.2) is 9.97 Å². The smallest absolute Gasteiger partial charge is 0.141 e. The van der Waals surface area contributed by atoms with Gasteiger partial charge in [0.2, 0.25) is 0 Å². The van der Waals surface area contributed by atoms with Gasteiger partial charge >= 0.3 is 0 Å². The Morgan fingerprint density at radius 1 is 1.35 bits per heavy atom. The second-order valence-corrected chi connectivity index (χ2v) is 7.67. The molecule has 5 heteroatoms. The summed E-state index contributed by atoms with van der Waals surface area (Å²) in [6.45, 7) is 10.7. The lowest BCUT2D eigenvalue weighted by Crippen LogP contribution is -2.52. The maximum Gasteiger partial charge on any atom is 0.141 e. The number of nitrogens with two attached hydrogens (primary N) is 1. The van der Waals surface area contributed by atoms with Gasteiger partial charge in [-0.15, -0.1) is 11.3 Å². The second kappa shape index (κ2) is 4.67. The van der Waals surface area contributed by atoms with E-state index < -0.39 is 0 Å². The molecule has 3 heterocycles. The summed E-state index contributed by atoms with van der Waals surface area (Å²) < 4.78 is 0. The Morgan fingerprint density at radius 2 is 2.10 bits per heavy atom. The van der Waals surface area contributed by atoms with E-state index in [0.717, 1.165) is 30.2 Å². The summed E-state index contributed by atoms with van der Waals surface area (Å²) in [5.41, 5.74) is 7.67. The van der Waals surface area contributed by atoms with Gasteiger partial charge in [-0.05, 0) is 31.2 Å². The standard InChI is InChI=1S/C15H22N4S/c1-9-10(2)20-14-12(9)13(17-8-18-14)19-6-5-11(16)15(3,4)7-19/h8,11H,5-7,16H2,1-4H3. The van der Waals surface area contributed by atoms with Crippen LogP contribution < -0.4 is 10.6 Å². The number of aryl methyl sites for hydroxylation is 2. The zero-order valence-electron chi connectivity index (χ0n) is 12.6. The van der Waals surface area contributed by atoms with Crippen LogP contribution in [0.1, 0.15) is 30.7 Å². The molecule has 0 saturated carbocycles. The molecule has 1 aliphatic heterocycles. The molecule has 4 nitrogen and oxygen atoms in total. The Kier molecular flexibility index (Phi) is 3.21. The maximum absolute atomic E-state index is 6.24. The van der Waals surface area contributed by atoms with Gasteiger partial charge in [0.15, 0.2) is 0 Å². The van der Waals surface area contributed by atoms with Crippen LogP contribution in [0.4, 0.5) is 5.82 Å². The van der Waals surface area contributed by atoms with Crippen LogP contribution >= 0.6 is 11.3 Å². The predicted octanol–water partition coefficient (Wildman–Crippen LogP) is 2.87. The minimum Gasteiger partial charge on any atom is -0.355 e. The third kappa shape index (κ3) is 2.09. The molecule has 20 heavy (non-hydrogen) atoms. The lowest BCUT2D eigenvalue weighted by molar-refractivity contribution is 0.244. The highest BCUT2D eigenvalue weighted by atomic mass is 32.1. The summed E-state index contributed by atoms with van der Waals surface area (Å²) in [7, 11) is 0. The normalized spacial score (nSPS) is 22.4. The fourth-order valence-electron chi connectivity index (χ4n) is 2.96. The molecular formula is C15H22N4S. The van der Waals surface area contributed by atoms with Gasteiger partial charge in [-0.1, -0.05) is 13.8 Å². The fourth-order valence-corrected chi connectivity index (χ4v) is 3.95. The van der Waals surface area contributed by atoms with Gasteiger partial charge in [-0.2, -0.15) is 0 Å². The third-order valence-corrected chi connectivity index (χ3v) is 5.67. The van der Waals surface area contributed by atoms with Gasteiger partial charge < -0.3 is 10.6 Å². The summed E-state index contributed by atoms with van der Waals surface area (Å²) >= 11 is 1.75. The quantitative estimate of drug-likeness (QED) is 0.877. The minimum atomic E-state index is 0.120. The highest BCUT2D eigenvalue weighted by molar-refractivity contribution is 7.18. The summed E-state index contributed by atoms with van der Waals surface area (Å²) in [6, 6.07) is 0.265. The number of anilines is 1. The van der Waals surface area contributed by atoms with Crippen molar-refractivity contribution in [1.82, 2.24) is 9.97 Å². The average Bonchev–Trinajstić information content (AvgIpc) is 2.68. The van der Waals surface area contributed by atoms with Crippen molar-refractivity contribution in [3.63, 3.8) is 0 Å². The van der Waals surface area contributed by atoms with Gasteiger partial charge in [-0.3, -0.25) is 0 Å². The third-order valence-electron chi connectivity index (χ3n) is 4.56.